The SMILES string of the molecule is COc1ccc(C(=O)Nc2cc(C(=O)Nc3cc(Cl)ccc3Cl)ccc2OC)cc1. The number of carbonyl (C=O) groups is 2. The number of methoxy groups -OCH3 is 2. The standard InChI is InChI=1S/C22H18Cl2N2O4/c1-29-16-7-3-13(4-8-16)21(27)26-19-11-14(5-10-20(19)30-2)22(28)25-18-12-15(23)6-9-17(18)24/h3-12H,1-2H3,(H,25,28)(H,26,27). The molecule has 0 heterocycles. The summed E-state index contributed by atoms with van der Waals surface area (Å²) in [5.41, 5.74) is 1.47. The van der Waals surface area contributed by atoms with Crippen molar-refractivity contribution in [2.24, 2.45) is 0 Å². The summed E-state index contributed by atoms with van der Waals surface area (Å²) in [6.45, 7) is 0. The molecule has 0 saturated carbocycles. The van der Waals surface area contributed by atoms with E-state index in [1.165, 1.54) is 13.2 Å². The number of benzene rings is 3. The van der Waals surface area contributed by atoms with Gasteiger partial charge in [0.1, 0.15) is 11.5 Å². The normalized spacial score (nSPS) is 10.3. The van der Waals surface area contributed by atoms with Crippen LogP contribution in [0.4, 0.5) is 11.4 Å². The summed E-state index contributed by atoms with van der Waals surface area (Å²) in [5.74, 6) is 0.282. The van der Waals surface area contributed by atoms with Gasteiger partial charge in [0.2, 0.25) is 0 Å². The Bertz CT molecular complexity index is 1080. The largest absolute Gasteiger partial charge is 0.497 e. The predicted molar refractivity (Wildman–Crippen MR) is 118 cm³/mol. The van der Waals surface area contributed by atoms with Crippen molar-refractivity contribution in [3.8, 4) is 11.5 Å². The van der Waals surface area contributed by atoms with Gasteiger partial charge in [0.15, 0.2) is 0 Å². The molecule has 2 amide bonds. The summed E-state index contributed by atoms with van der Waals surface area (Å²) in [4.78, 5) is 25.3. The zero-order chi connectivity index (χ0) is 21.7. The minimum Gasteiger partial charge on any atom is -0.497 e. The van der Waals surface area contributed by atoms with Crippen molar-refractivity contribution in [1.82, 2.24) is 0 Å². The lowest BCUT2D eigenvalue weighted by Gasteiger charge is -2.13. The molecule has 0 unspecified atom stereocenters. The van der Waals surface area contributed by atoms with E-state index in [1.807, 2.05) is 0 Å². The number of halogens is 2. The molecule has 0 aliphatic rings. The summed E-state index contributed by atoms with van der Waals surface area (Å²) in [6.07, 6.45) is 0. The zero-order valence-corrected chi connectivity index (χ0v) is 17.7. The molecular weight excluding hydrogens is 427 g/mol. The van der Waals surface area contributed by atoms with Crippen molar-refractivity contribution in [3.05, 3.63) is 81.8 Å². The van der Waals surface area contributed by atoms with Crippen LogP contribution in [0.3, 0.4) is 0 Å². The van der Waals surface area contributed by atoms with E-state index in [2.05, 4.69) is 10.6 Å². The molecular formula is C22H18Cl2N2O4. The van der Waals surface area contributed by atoms with Gasteiger partial charge in [-0.2, -0.15) is 0 Å². The van der Waals surface area contributed by atoms with Gasteiger partial charge in [-0.25, -0.2) is 0 Å². The Morgan fingerprint density at radius 1 is 0.733 bits per heavy atom. The minimum absolute atomic E-state index is 0.303. The van der Waals surface area contributed by atoms with E-state index in [1.54, 1.807) is 61.7 Å². The number of hydrogen-bond donors (Lipinski definition) is 2. The number of rotatable bonds is 6. The molecule has 0 fully saturated rings. The van der Waals surface area contributed by atoms with Crippen molar-refractivity contribution in [2.45, 2.75) is 0 Å². The fourth-order valence-corrected chi connectivity index (χ4v) is 3.01. The summed E-state index contributed by atoms with van der Waals surface area (Å²) in [5, 5.41) is 6.27. The van der Waals surface area contributed by atoms with Crippen LogP contribution < -0.4 is 20.1 Å². The van der Waals surface area contributed by atoms with Crippen molar-refractivity contribution < 1.29 is 19.1 Å². The maximum Gasteiger partial charge on any atom is 0.255 e. The van der Waals surface area contributed by atoms with Crippen LogP contribution in [0.15, 0.2) is 60.7 Å². The Balaban J connectivity index is 1.82. The molecule has 0 aliphatic carbocycles. The molecule has 2 N–H and O–H groups in total. The number of ether oxygens (including phenoxy) is 2. The van der Waals surface area contributed by atoms with Crippen LogP contribution in [-0.4, -0.2) is 26.0 Å². The van der Waals surface area contributed by atoms with Gasteiger partial charge >= 0.3 is 0 Å². The average molecular weight is 445 g/mol. The lowest BCUT2D eigenvalue weighted by Crippen LogP contribution is -2.15. The van der Waals surface area contributed by atoms with Gasteiger partial charge in [-0.05, 0) is 60.7 Å². The van der Waals surface area contributed by atoms with E-state index >= 15 is 0 Å². The highest BCUT2D eigenvalue weighted by Gasteiger charge is 2.15. The molecule has 3 aromatic rings. The molecule has 0 radical (unpaired) electrons. The molecule has 3 rings (SSSR count). The Morgan fingerprint density at radius 3 is 2.03 bits per heavy atom. The first-order valence-electron chi connectivity index (χ1n) is 8.81. The van der Waals surface area contributed by atoms with E-state index in [-0.39, 0.29) is 5.91 Å². The van der Waals surface area contributed by atoms with Crippen molar-refractivity contribution in [3.63, 3.8) is 0 Å². The Labute approximate surface area is 183 Å². The summed E-state index contributed by atoms with van der Waals surface area (Å²) < 4.78 is 10.4. The van der Waals surface area contributed by atoms with Crippen LogP contribution in [-0.2, 0) is 0 Å². The average Bonchev–Trinajstić information content (AvgIpc) is 2.76. The molecule has 0 spiro atoms. The number of amides is 2. The first kappa shape index (κ1) is 21.5. The van der Waals surface area contributed by atoms with Crippen LogP contribution in [0.1, 0.15) is 20.7 Å². The first-order chi connectivity index (χ1) is 14.4. The maximum atomic E-state index is 12.7. The van der Waals surface area contributed by atoms with E-state index < -0.39 is 5.91 Å². The van der Waals surface area contributed by atoms with E-state index in [4.69, 9.17) is 32.7 Å². The zero-order valence-electron chi connectivity index (χ0n) is 16.2. The van der Waals surface area contributed by atoms with Crippen LogP contribution in [0, 0.1) is 0 Å². The highest BCUT2D eigenvalue weighted by Crippen LogP contribution is 2.29. The first-order valence-corrected chi connectivity index (χ1v) is 9.56. The third-order valence-corrected chi connectivity index (χ3v) is 4.80. The van der Waals surface area contributed by atoms with Gasteiger partial charge in [0.25, 0.3) is 11.8 Å². The van der Waals surface area contributed by atoms with Crippen LogP contribution in [0.5, 0.6) is 11.5 Å². The van der Waals surface area contributed by atoms with Gasteiger partial charge in [0.05, 0.1) is 30.6 Å². The Morgan fingerprint density at radius 2 is 1.37 bits per heavy atom. The summed E-state index contributed by atoms with van der Waals surface area (Å²) >= 11 is 12.1. The number of carbonyl (C=O) groups excluding carboxylic acids is 2. The van der Waals surface area contributed by atoms with Gasteiger partial charge in [-0.3, -0.25) is 9.59 Å². The third kappa shape index (κ3) is 5.03. The van der Waals surface area contributed by atoms with Gasteiger partial charge < -0.3 is 20.1 Å². The van der Waals surface area contributed by atoms with Crippen LogP contribution in [0.2, 0.25) is 10.0 Å². The fourth-order valence-electron chi connectivity index (χ4n) is 2.67. The Kier molecular flexibility index (Phi) is 6.82. The highest BCUT2D eigenvalue weighted by molar-refractivity contribution is 6.35. The monoisotopic (exact) mass is 444 g/mol. The molecule has 0 aliphatic heterocycles. The third-order valence-electron chi connectivity index (χ3n) is 4.24. The number of nitrogens with one attached hydrogen (secondary N) is 2. The minimum atomic E-state index is -0.415. The highest BCUT2D eigenvalue weighted by atomic mass is 35.5. The number of hydrogen-bond acceptors (Lipinski definition) is 4. The van der Waals surface area contributed by atoms with E-state index in [9.17, 15) is 9.59 Å². The molecule has 6 nitrogen and oxygen atoms in total. The van der Waals surface area contributed by atoms with Crippen molar-refractivity contribution in [2.75, 3.05) is 24.9 Å². The quantitative estimate of drug-likeness (QED) is 0.524. The second kappa shape index (κ2) is 9.52. The molecule has 0 bridgehead atoms. The molecule has 3 aromatic carbocycles. The van der Waals surface area contributed by atoms with Gasteiger partial charge in [-0.1, -0.05) is 23.2 Å². The van der Waals surface area contributed by atoms with Crippen molar-refractivity contribution >= 4 is 46.4 Å². The topological polar surface area (TPSA) is 76.7 Å². The molecule has 30 heavy (non-hydrogen) atoms. The summed E-state index contributed by atoms with van der Waals surface area (Å²) in [7, 11) is 3.02. The second-order valence-electron chi connectivity index (χ2n) is 6.18. The lowest BCUT2D eigenvalue weighted by atomic mass is 10.1. The maximum absolute atomic E-state index is 12.7. The molecule has 154 valence electrons. The molecule has 0 saturated heterocycles. The molecule has 0 atom stereocenters. The number of anilines is 2. The van der Waals surface area contributed by atoms with Crippen molar-refractivity contribution in [1.29, 1.82) is 0 Å². The van der Waals surface area contributed by atoms with E-state index in [0.717, 1.165) is 0 Å². The van der Waals surface area contributed by atoms with E-state index in [0.29, 0.717) is 44.0 Å². The predicted octanol–water partition coefficient (Wildman–Crippen LogP) is 5.52. The van der Waals surface area contributed by atoms with Gasteiger partial charge in [0, 0.05) is 16.1 Å². The lowest BCUT2D eigenvalue weighted by molar-refractivity contribution is 0.101. The van der Waals surface area contributed by atoms with Crippen LogP contribution in [0.25, 0.3) is 0 Å². The van der Waals surface area contributed by atoms with Crippen LogP contribution >= 0.6 is 23.2 Å². The summed E-state index contributed by atoms with van der Waals surface area (Å²) in [6, 6.07) is 16.1. The smallest absolute Gasteiger partial charge is 0.255 e. The second-order valence-corrected chi connectivity index (χ2v) is 7.02. The fraction of sp³-hybridized carbons (Fsp3) is 0.0909. The molecule has 0 aromatic heterocycles. The molecule has 8 heteroatoms. The van der Waals surface area contributed by atoms with Gasteiger partial charge in [-0.15, -0.1) is 0 Å². The Hall–Kier alpha value is -3.22.